The van der Waals surface area contributed by atoms with Gasteiger partial charge in [-0.3, -0.25) is 4.79 Å². The van der Waals surface area contributed by atoms with Gasteiger partial charge < -0.3 is 9.30 Å². The Hall–Kier alpha value is -3.29. The van der Waals surface area contributed by atoms with Crippen molar-refractivity contribution in [2.75, 3.05) is 0 Å². The first-order valence-electron chi connectivity index (χ1n) is 8.24. The summed E-state index contributed by atoms with van der Waals surface area (Å²) in [7, 11) is 0. The van der Waals surface area contributed by atoms with Gasteiger partial charge in [-0.05, 0) is 38.1 Å². The minimum absolute atomic E-state index is 0.0314. The fourth-order valence-electron chi connectivity index (χ4n) is 2.68. The van der Waals surface area contributed by atoms with E-state index < -0.39 is 6.61 Å². The number of benzene rings is 2. The number of aryl methyl sites for hydroxylation is 1. The first-order chi connectivity index (χ1) is 12.9. The molecule has 0 saturated carbocycles. The zero-order valence-electron chi connectivity index (χ0n) is 14.8. The fraction of sp³-hybridized carbons (Fsp3) is 0.211. The average molecular weight is 372 g/mol. The Morgan fingerprint density at radius 3 is 2.81 bits per heavy atom. The number of alkyl halides is 2. The Kier molecular flexibility index (Phi) is 5.44. The number of fused-ring (bicyclic) bond motifs is 1. The molecule has 27 heavy (non-hydrogen) atoms. The van der Waals surface area contributed by atoms with Crippen molar-refractivity contribution in [1.29, 1.82) is 0 Å². The van der Waals surface area contributed by atoms with E-state index in [0.717, 1.165) is 16.9 Å². The van der Waals surface area contributed by atoms with E-state index in [4.69, 9.17) is 0 Å². The second-order valence-electron chi connectivity index (χ2n) is 5.87. The molecule has 3 aromatic rings. The lowest BCUT2D eigenvalue weighted by molar-refractivity contribution is -0.121. The van der Waals surface area contributed by atoms with E-state index in [2.05, 4.69) is 20.2 Å². The maximum atomic E-state index is 12.3. The van der Waals surface area contributed by atoms with Gasteiger partial charge in [0.15, 0.2) is 0 Å². The van der Waals surface area contributed by atoms with Crippen molar-refractivity contribution in [2.24, 2.45) is 5.10 Å². The van der Waals surface area contributed by atoms with Crippen LogP contribution >= 0.6 is 0 Å². The molecule has 0 bridgehead atoms. The monoisotopic (exact) mass is 372 g/mol. The number of imidazole rings is 1. The van der Waals surface area contributed by atoms with Gasteiger partial charge in [-0.25, -0.2) is 10.4 Å². The number of hydrogen-bond acceptors (Lipinski definition) is 4. The van der Waals surface area contributed by atoms with Crippen LogP contribution in [0.2, 0.25) is 0 Å². The third-order valence-electron chi connectivity index (χ3n) is 3.97. The van der Waals surface area contributed by atoms with Gasteiger partial charge >= 0.3 is 6.61 Å². The van der Waals surface area contributed by atoms with Crippen LogP contribution in [0.3, 0.4) is 0 Å². The molecule has 2 aromatic carbocycles. The van der Waals surface area contributed by atoms with E-state index in [9.17, 15) is 13.6 Å². The number of amides is 1. The first-order valence-corrected chi connectivity index (χ1v) is 8.24. The van der Waals surface area contributed by atoms with Gasteiger partial charge in [0, 0.05) is 5.56 Å². The summed E-state index contributed by atoms with van der Waals surface area (Å²) in [5.74, 6) is 0.438. The third-order valence-corrected chi connectivity index (χ3v) is 3.97. The molecule has 0 saturated heterocycles. The van der Waals surface area contributed by atoms with E-state index in [1.54, 1.807) is 23.6 Å². The molecule has 0 fully saturated rings. The number of nitrogens with zero attached hydrogens (tertiary/aromatic N) is 3. The molecule has 0 unspecified atom stereocenters. The van der Waals surface area contributed by atoms with E-state index in [1.807, 2.05) is 31.2 Å². The number of carbonyl (C=O) groups is 1. The van der Waals surface area contributed by atoms with Crippen LogP contribution in [0.5, 0.6) is 5.75 Å². The SMILES string of the molecule is C/C(=N/NC(=O)Cn1c(C)nc2ccccc21)c1cccc(OC(F)F)c1. The van der Waals surface area contributed by atoms with Gasteiger partial charge in [0.25, 0.3) is 5.91 Å². The molecular weight excluding hydrogens is 354 g/mol. The van der Waals surface area contributed by atoms with E-state index in [0.29, 0.717) is 11.3 Å². The summed E-state index contributed by atoms with van der Waals surface area (Å²) in [6.45, 7) is 0.665. The summed E-state index contributed by atoms with van der Waals surface area (Å²) in [4.78, 5) is 16.7. The Bertz CT molecular complexity index is 998. The highest BCUT2D eigenvalue weighted by molar-refractivity contribution is 5.99. The van der Waals surface area contributed by atoms with Crippen molar-refractivity contribution in [2.45, 2.75) is 27.0 Å². The summed E-state index contributed by atoms with van der Waals surface area (Å²) < 4.78 is 30.8. The predicted octanol–water partition coefficient (Wildman–Crippen LogP) is 3.49. The lowest BCUT2D eigenvalue weighted by Gasteiger charge is -2.08. The van der Waals surface area contributed by atoms with Crippen LogP contribution in [-0.4, -0.2) is 27.8 Å². The molecule has 3 rings (SSSR count). The minimum Gasteiger partial charge on any atom is -0.435 e. The summed E-state index contributed by atoms with van der Waals surface area (Å²) in [5, 5.41) is 4.05. The Morgan fingerprint density at radius 1 is 1.26 bits per heavy atom. The second-order valence-corrected chi connectivity index (χ2v) is 5.87. The third kappa shape index (κ3) is 4.46. The van der Waals surface area contributed by atoms with Crippen LogP contribution in [0, 0.1) is 6.92 Å². The Morgan fingerprint density at radius 2 is 2.04 bits per heavy atom. The standard InChI is InChI=1S/C19H18F2N4O2/c1-12(14-6-5-7-15(10-14)27-19(20)21)23-24-18(26)11-25-13(2)22-16-8-3-4-9-17(16)25/h3-10,19H,11H2,1-2H3,(H,24,26)/b23-12-. The predicted molar refractivity (Wildman–Crippen MR) is 97.9 cm³/mol. The largest absolute Gasteiger partial charge is 0.435 e. The smallest absolute Gasteiger partial charge is 0.387 e. The van der Waals surface area contributed by atoms with Crippen LogP contribution < -0.4 is 10.2 Å². The van der Waals surface area contributed by atoms with Gasteiger partial charge in [0.05, 0.1) is 16.7 Å². The summed E-state index contributed by atoms with van der Waals surface area (Å²) in [6, 6.07) is 13.7. The van der Waals surface area contributed by atoms with Crippen molar-refractivity contribution in [3.8, 4) is 5.75 Å². The molecule has 8 heteroatoms. The molecule has 0 aliphatic heterocycles. The Balaban J connectivity index is 1.70. The van der Waals surface area contributed by atoms with E-state index in [-0.39, 0.29) is 18.2 Å². The molecule has 1 N–H and O–H groups in total. The maximum absolute atomic E-state index is 12.3. The normalized spacial score (nSPS) is 11.8. The lowest BCUT2D eigenvalue weighted by atomic mass is 10.1. The first kappa shape index (κ1) is 18.5. The molecule has 1 amide bonds. The topological polar surface area (TPSA) is 68.5 Å². The summed E-state index contributed by atoms with van der Waals surface area (Å²) in [6.07, 6.45) is 0. The van der Waals surface area contributed by atoms with Crippen LogP contribution in [0.1, 0.15) is 18.3 Å². The number of rotatable bonds is 6. The average Bonchev–Trinajstić information content (AvgIpc) is 2.95. The molecule has 0 atom stereocenters. The van der Waals surface area contributed by atoms with Crippen LogP contribution in [-0.2, 0) is 11.3 Å². The summed E-state index contributed by atoms with van der Waals surface area (Å²) in [5.41, 5.74) is 5.20. The van der Waals surface area contributed by atoms with Gasteiger partial charge in [-0.15, -0.1) is 0 Å². The quantitative estimate of drug-likeness (QED) is 0.532. The molecule has 0 aliphatic rings. The molecular formula is C19H18F2N4O2. The highest BCUT2D eigenvalue weighted by Crippen LogP contribution is 2.17. The van der Waals surface area contributed by atoms with Gasteiger partial charge in [0.2, 0.25) is 0 Å². The Labute approximate surface area is 154 Å². The highest BCUT2D eigenvalue weighted by Gasteiger charge is 2.11. The molecule has 140 valence electrons. The van der Waals surface area contributed by atoms with Gasteiger partial charge in [0.1, 0.15) is 18.1 Å². The molecule has 6 nitrogen and oxygen atoms in total. The zero-order valence-corrected chi connectivity index (χ0v) is 14.8. The number of carbonyl (C=O) groups excluding carboxylic acids is 1. The number of nitrogens with one attached hydrogen (secondary N) is 1. The molecule has 0 aliphatic carbocycles. The van der Waals surface area contributed by atoms with Gasteiger partial charge in [-0.1, -0.05) is 24.3 Å². The van der Waals surface area contributed by atoms with Crippen molar-refractivity contribution in [3.05, 3.63) is 59.9 Å². The van der Waals surface area contributed by atoms with Crippen molar-refractivity contribution in [3.63, 3.8) is 0 Å². The highest BCUT2D eigenvalue weighted by atomic mass is 19.3. The molecule has 1 heterocycles. The number of hydrazone groups is 1. The number of aromatic nitrogens is 2. The fourth-order valence-corrected chi connectivity index (χ4v) is 2.68. The summed E-state index contributed by atoms with van der Waals surface area (Å²) >= 11 is 0. The number of para-hydroxylation sites is 2. The number of ether oxygens (including phenoxy) is 1. The van der Waals surface area contributed by atoms with Gasteiger partial charge in [-0.2, -0.15) is 13.9 Å². The van der Waals surface area contributed by atoms with E-state index >= 15 is 0 Å². The second kappa shape index (κ2) is 7.94. The lowest BCUT2D eigenvalue weighted by Crippen LogP contribution is -2.24. The van der Waals surface area contributed by atoms with Crippen molar-refractivity contribution in [1.82, 2.24) is 15.0 Å². The minimum atomic E-state index is -2.90. The molecule has 1 aromatic heterocycles. The van der Waals surface area contributed by atoms with Crippen LogP contribution in [0.25, 0.3) is 11.0 Å². The molecule has 0 spiro atoms. The van der Waals surface area contributed by atoms with Crippen LogP contribution in [0.4, 0.5) is 8.78 Å². The number of halogens is 2. The zero-order chi connectivity index (χ0) is 19.4. The van der Waals surface area contributed by atoms with Crippen molar-refractivity contribution < 1.29 is 18.3 Å². The number of hydrogen-bond donors (Lipinski definition) is 1. The van der Waals surface area contributed by atoms with E-state index in [1.165, 1.54) is 12.1 Å². The van der Waals surface area contributed by atoms with Crippen molar-refractivity contribution >= 4 is 22.7 Å². The maximum Gasteiger partial charge on any atom is 0.387 e. The van der Waals surface area contributed by atoms with Crippen LogP contribution in [0.15, 0.2) is 53.6 Å². The molecule has 0 radical (unpaired) electrons.